The molecular formula is C11H10O. The quantitative estimate of drug-likeness (QED) is 0.528. The number of hydrogen-bond donors (Lipinski definition) is 0. The van der Waals surface area contributed by atoms with Crippen molar-refractivity contribution in [1.29, 1.82) is 0 Å². The van der Waals surface area contributed by atoms with Crippen LogP contribution in [-0.2, 0) is 4.79 Å². The number of allylic oxidation sites excluding steroid dienone is 8. The van der Waals surface area contributed by atoms with Gasteiger partial charge in [-0.05, 0) is 24.1 Å². The third-order valence-electron chi connectivity index (χ3n) is 2.13. The smallest absolute Gasteiger partial charge is 0.167 e. The molecule has 0 amide bonds. The molecule has 0 heterocycles. The maximum atomic E-state index is 11.4. The topological polar surface area (TPSA) is 17.1 Å². The van der Waals surface area contributed by atoms with E-state index in [1.54, 1.807) is 6.08 Å². The molecule has 0 aromatic carbocycles. The third-order valence-corrected chi connectivity index (χ3v) is 2.13. The number of ketones is 1. The van der Waals surface area contributed by atoms with Gasteiger partial charge in [0.1, 0.15) is 0 Å². The van der Waals surface area contributed by atoms with Gasteiger partial charge in [0.05, 0.1) is 5.92 Å². The molecule has 60 valence electrons. The lowest BCUT2D eigenvalue weighted by atomic mass is 9.85. The molecule has 2 rings (SSSR count). The Bertz CT molecular complexity index is 340. The van der Waals surface area contributed by atoms with E-state index in [4.69, 9.17) is 0 Å². The first-order valence-electron chi connectivity index (χ1n) is 4.06. The second-order valence-corrected chi connectivity index (χ2v) is 3.16. The Labute approximate surface area is 71.8 Å². The van der Waals surface area contributed by atoms with E-state index in [0.717, 1.165) is 11.1 Å². The minimum Gasteiger partial charge on any atom is -0.294 e. The van der Waals surface area contributed by atoms with E-state index in [1.807, 2.05) is 31.2 Å². The highest BCUT2D eigenvalue weighted by atomic mass is 16.1. The highest BCUT2D eigenvalue weighted by molar-refractivity contribution is 5.98. The lowest BCUT2D eigenvalue weighted by Gasteiger charge is -2.18. The van der Waals surface area contributed by atoms with Gasteiger partial charge in [-0.25, -0.2) is 0 Å². The summed E-state index contributed by atoms with van der Waals surface area (Å²) < 4.78 is 0. The van der Waals surface area contributed by atoms with Gasteiger partial charge in [-0.2, -0.15) is 0 Å². The lowest BCUT2D eigenvalue weighted by molar-refractivity contribution is -0.116. The van der Waals surface area contributed by atoms with Crippen molar-refractivity contribution in [2.75, 3.05) is 0 Å². The molecule has 0 saturated carbocycles. The molecule has 1 unspecified atom stereocenters. The molecule has 0 aliphatic heterocycles. The van der Waals surface area contributed by atoms with Crippen LogP contribution >= 0.6 is 0 Å². The van der Waals surface area contributed by atoms with E-state index in [0.29, 0.717) is 0 Å². The molecule has 1 heteroatoms. The van der Waals surface area contributed by atoms with Gasteiger partial charge in [-0.1, -0.05) is 30.4 Å². The van der Waals surface area contributed by atoms with Crippen molar-refractivity contribution < 1.29 is 4.79 Å². The van der Waals surface area contributed by atoms with Gasteiger partial charge in [0.2, 0.25) is 0 Å². The van der Waals surface area contributed by atoms with Crippen molar-refractivity contribution >= 4 is 5.78 Å². The second kappa shape index (κ2) is 2.59. The molecule has 0 aromatic heterocycles. The number of rotatable bonds is 0. The summed E-state index contributed by atoms with van der Waals surface area (Å²) >= 11 is 0. The minimum absolute atomic E-state index is 0.0151. The van der Waals surface area contributed by atoms with E-state index in [2.05, 4.69) is 6.08 Å². The van der Waals surface area contributed by atoms with Crippen molar-refractivity contribution in [2.24, 2.45) is 5.92 Å². The van der Waals surface area contributed by atoms with Crippen LogP contribution in [0.2, 0.25) is 0 Å². The van der Waals surface area contributed by atoms with Gasteiger partial charge in [0.15, 0.2) is 5.78 Å². The maximum absolute atomic E-state index is 11.4. The molecule has 0 spiro atoms. The van der Waals surface area contributed by atoms with E-state index in [-0.39, 0.29) is 11.7 Å². The average Bonchev–Trinajstić information content (AvgIpc) is 2.04. The summed E-state index contributed by atoms with van der Waals surface area (Å²) in [5.74, 6) is 0.185. The van der Waals surface area contributed by atoms with Gasteiger partial charge >= 0.3 is 0 Å². The molecular weight excluding hydrogens is 148 g/mol. The Balaban J connectivity index is 2.45. The number of fused-ring (bicyclic) bond motifs is 1. The third kappa shape index (κ3) is 1.07. The Morgan fingerprint density at radius 2 is 2.08 bits per heavy atom. The summed E-state index contributed by atoms with van der Waals surface area (Å²) in [6.45, 7) is 1.95. The van der Waals surface area contributed by atoms with Crippen LogP contribution in [0.3, 0.4) is 0 Å². The zero-order valence-electron chi connectivity index (χ0n) is 6.95. The van der Waals surface area contributed by atoms with Crippen LogP contribution in [0.15, 0.2) is 47.6 Å². The predicted molar refractivity (Wildman–Crippen MR) is 48.6 cm³/mol. The summed E-state index contributed by atoms with van der Waals surface area (Å²) in [4.78, 5) is 11.4. The highest BCUT2D eigenvalue weighted by Gasteiger charge is 2.21. The first-order chi connectivity index (χ1) is 5.77. The molecule has 2 aliphatic rings. The molecule has 2 aliphatic carbocycles. The van der Waals surface area contributed by atoms with Crippen LogP contribution in [0, 0.1) is 5.92 Å². The number of carbonyl (C=O) groups excluding carboxylic acids is 1. The minimum atomic E-state index is -0.0151. The normalized spacial score (nSPS) is 26.4. The van der Waals surface area contributed by atoms with Gasteiger partial charge in [0.25, 0.3) is 0 Å². The zero-order chi connectivity index (χ0) is 8.55. The summed E-state index contributed by atoms with van der Waals surface area (Å²) in [7, 11) is 0. The lowest BCUT2D eigenvalue weighted by Crippen LogP contribution is -2.16. The largest absolute Gasteiger partial charge is 0.294 e. The van der Waals surface area contributed by atoms with Crippen molar-refractivity contribution in [3.8, 4) is 0 Å². The second-order valence-electron chi connectivity index (χ2n) is 3.16. The van der Waals surface area contributed by atoms with Gasteiger partial charge in [-0.15, -0.1) is 0 Å². The summed E-state index contributed by atoms with van der Waals surface area (Å²) in [6.07, 6.45) is 11.6. The molecule has 0 saturated heterocycles. The molecule has 1 nitrogen and oxygen atoms in total. The van der Waals surface area contributed by atoms with E-state index in [1.165, 1.54) is 0 Å². The number of carbonyl (C=O) groups is 1. The maximum Gasteiger partial charge on any atom is 0.167 e. The zero-order valence-corrected chi connectivity index (χ0v) is 6.95. The Kier molecular flexibility index (Phi) is 1.58. The fraction of sp³-hybridized carbons (Fsp3) is 0.182. The Hall–Kier alpha value is -1.37. The summed E-state index contributed by atoms with van der Waals surface area (Å²) in [5.41, 5.74) is 2.16. The molecule has 12 heavy (non-hydrogen) atoms. The highest BCUT2D eigenvalue weighted by Crippen LogP contribution is 2.25. The number of hydrogen-bond acceptors (Lipinski definition) is 1. The van der Waals surface area contributed by atoms with Gasteiger partial charge in [-0.3, -0.25) is 4.79 Å². The predicted octanol–water partition coefficient (Wildman–Crippen LogP) is 2.18. The van der Waals surface area contributed by atoms with Crippen molar-refractivity contribution in [1.82, 2.24) is 0 Å². The van der Waals surface area contributed by atoms with E-state index in [9.17, 15) is 4.79 Å². The van der Waals surface area contributed by atoms with Gasteiger partial charge < -0.3 is 0 Å². The van der Waals surface area contributed by atoms with Crippen molar-refractivity contribution in [2.45, 2.75) is 6.92 Å². The standard InChI is InChI=1S/C11H10O/c1-8-6-9-4-2-3-5-10(9)11(12)7-8/h2-7,10H,1H3. The van der Waals surface area contributed by atoms with Crippen molar-refractivity contribution in [3.63, 3.8) is 0 Å². The van der Waals surface area contributed by atoms with Crippen LogP contribution in [0.5, 0.6) is 0 Å². The van der Waals surface area contributed by atoms with Crippen LogP contribution in [0.4, 0.5) is 0 Å². The Morgan fingerprint density at radius 1 is 1.25 bits per heavy atom. The average molecular weight is 158 g/mol. The first-order valence-corrected chi connectivity index (χ1v) is 4.06. The summed E-state index contributed by atoms with van der Waals surface area (Å²) in [5, 5.41) is 0. The summed E-state index contributed by atoms with van der Waals surface area (Å²) in [6, 6.07) is 0. The van der Waals surface area contributed by atoms with Crippen LogP contribution in [0.1, 0.15) is 6.92 Å². The molecule has 0 N–H and O–H groups in total. The van der Waals surface area contributed by atoms with Crippen LogP contribution in [0.25, 0.3) is 0 Å². The first kappa shape index (κ1) is 7.29. The SMILES string of the molecule is CC1=CC(=O)C2C=CC=CC2=C1. The Morgan fingerprint density at radius 3 is 2.92 bits per heavy atom. The molecule has 0 radical (unpaired) electrons. The molecule has 0 aromatic rings. The fourth-order valence-corrected chi connectivity index (χ4v) is 1.57. The van der Waals surface area contributed by atoms with E-state index >= 15 is 0 Å². The fourth-order valence-electron chi connectivity index (χ4n) is 1.57. The molecule has 0 bridgehead atoms. The molecule has 1 atom stereocenters. The van der Waals surface area contributed by atoms with Crippen molar-refractivity contribution in [3.05, 3.63) is 47.6 Å². The van der Waals surface area contributed by atoms with Gasteiger partial charge in [0, 0.05) is 0 Å². The molecule has 0 fully saturated rings. The van der Waals surface area contributed by atoms with Crippen LogP contribution < -0.4 is 0 Å². The van der Waals surface area contributed by atoms with E-state index < -0.39 is 0 Å². The van der Waals surface area contributed by atoms with Crippen LogP contribution in [-0.4, -0.2) is 5.78 Å². The monoisotopic (exact) mass is 158 g/mol.